The summed E-state index contributed by atoms with van der Waals surface area (Å²) in [4.78, 5) is 2.06. The first kappa shape index (κ1) is 25.1. The third-order valence-corrected chi connectivity index (χ3v) is 7.61. The van der Waals surface area contributed by atoms with E-state index in [0.717, 1.165) is 17.3 Å². The SMILES string of the molecule is CCOc1cccc(C2NN(Cc3ccc(C(C)(C)C)cc3)C(=CN3C=C(Cl)C(Cl)=CC3)S2)c1. The number of thioether (sulfide) groups is 1. The monoisotopic (exact) mass is 515 g/mol. The van der Waals surface area contributed by atoms with Crippen LogP contribution in [0, 0.1) is 0 Å². The molecule has 4 rings (SSSR count). The molecule has 34 heavy (non-hydrogen) atoms. The lowest BCUT2D eigenvalue weighted by Gasteiger charge is -2.24. The summed E-state index contributed by atoms with van der Waals surface area (Å²) in [5.74, 6) is 0.884. The minimum atomic E-state index is 0.0730. The van der Waals surface area contributed by atoms with Crippen LogP contribution in [-0.2, 0) is 12.0 Å². The van der Waals surface area contributed by atoms with E-state index in [1.807, 2.05) is 31.3 Å². The number of hydrazine groups is 1. The van der Waals surface area contributed by atoms with E-state index < -0.39 is 0 Å². The van der Waals surface area contributed by atoms with Crippen molar-refractivity contribution < 1.29 is 4.74 Å². The smallest absolute Gasteiger partial charge is 0.119 e. The van der Waals surface area contributed by atoms with Crippen molar-refractivity contribution in [2.45, 2.75) is 45.0 Å². The summed E-state index contributed by atoms with van der Waals surface area (Å²) in [5.41, 5.74) is 7.56. The first-order chi connectivity index (χ1) is 16.2. The highest BCUT2D eigenvalue weighted by molar-refractivity contribution is 8.03. The lowest BCUT2D eigenvalue weighted by molar-refractivity contribution is 0.260. The molecule has 1 N–H and O–H groups in total. The van der Waals surface area contributed by atoms with Crippen LogP contribution < -0.4 is 10.2 Å². The minimum absolute atomic E-state index is 0.0730. The van der Waals surface area contributed by atoms with Crippen LogP contribution in [0.25, 0.3) is 0 Å². The molecule has 0 amide bonds. The second-order valence-electron chi connectivity index (χ2n) is 9.36. The van der Waals surface area contributed by atoms with Crippen LogP contribution in [-0.4, -0.2) is 23.1 Å². The molecule has 4 nitrogen and oxygen atoms in total. The molecule has 2 aromatic rings. The Labute approximate surface area is 217 Å². The number of halogens is 2. The Morgan fingerprint density at radius 2 is 1.88 bits per heavy atom. The summed E-state index contributed by atoms with van der Waals surface area (Å²) in [7, 11) is 0. The van der Waals surface area contributed by atoms with Gasteiger partial charge in [-0.15, -0.1) is 0 Å². The van der Waals surface area contributed by atoms with Crippen molar-refractivity contribution in [3.8, 4) is 5.75 Å². The topological polar surface area (TPSA) is 27.7 Å². The van der Waals surface area contributed by atoms with Crippen LogP contribution in [0.2, 0.25) is 0 Å². The molecule has 2 aromatic carbocycles. The van der Waals surface area contributed by atoms with Gasteiger partial charge in [0.25, 0.3) is 0 Å². The number of nitrogens with one attached hydrogen (secondary N) is 1. The zero-order valence-electron chi connectivity index (χ0n) is 20.0. The fourth-order valence-corrected chi connectivity index (χ4v) is 5.25. The second-order valence-corrected chi connectivity index (χ2v) is 11.3. The highest BCUT2D eigenvalue weighted by Gasteiger charge is 2.29. The van der Waals surface area contributed by atoms with E-state index in [9.17, 15) is 0 Å². The molecular formula is C27H31Cl2N3OS. The van der Waals surface area contributed by atoms with Crippen molar-refractivity contribution >= 4 is 35.0 Å². The Morgan fingerprint density at radius 1 is 1.12 bits per heavy atom. The van der Waals surface area contributed by atoms with Crippen molar-refractivity contribution in [2.24, 2.45) is 0 Å². The van der Waals surface area contributed by atoms with E-state index in [4.69, 9.17) is 27.9 Å². The average Bonchev–Trinajstić information content (AvgIpc) is 3.19. The van der Waals surface area contributed by atoms with Gasteiger partial charge in [-0.05, 0) is 47.2 Å². The number of allylic oxidation sites excluding steroid dienone is 2. The van der Waals surface area contributed by atoms with Crippen LogP contribution in [0.15, 0.2) is 82.1 Å². The van der Waals surface area contributed by atoms with Gasteiger partial charge in [-0.1, -0.05) is 92.1 Å². The van der Waals surface area contributed by atoms with Gasteiger partial charge < -0.3 is 9.64 Å². The molecule has 2 aliphatic rings. The molecule has 1 unspecified atom stereocenters. The molecule has 1 saturated heterocycles. The van der Waals surface area contributed by atoms with Crippen molar-refractivity contribution in [1.29, 1.82) is 0 Å². The van der Waals surface area contributed by atoms with Gasteiger partial charge in [0.2, 0.25) is 0 Å². The summed E-state index contributed by atoms with van der Waals surface area (Å²) in [5, 5.41) is 4.53. The van der Waals surface area contributed by atoms with Gasteiger partial charge in [0.05, 0.1) is 23.2 Å². The fourth-order valence-electron chi connectivity index (χ4n) is 3.78. The first-order valence-electron chi connectivity index (χ1n) is 11.5. The van der Waals surface area contributed by atoms with E-state index in [1.165, 1.54) is 16.7 Å². The normalized spacial score (nSPS) is 19.9. The largest absolute Gasteiger partial charge is 0.494 e. The number of nitrogens with zero attached hydrogens (tertiary/aromatic N) is 2. The van der Waals surface area contributed by atoms with Crippen LogP contribution in [0.4, 0.5) is 0 Å². The van der Waals surface area contributed by atoms with Crippen molar-refractivity contribution in [1.82, 2.24) is 15.3 Å². The summed E-state index contributed by atoms with van der Waals surface area (Å²) >= 11 is 14.2. The lowest BCUT2D eigenvalue weighted by atomic mass is 9.87. The molecule has 0 bridgehead atoms. The zero-order chi connectivity index (χ0) is 24.3. The van der Waals surface area contributed by atoms with Crippen LogP contribution in [0.1, 0.15) is 49.8 Å². The van der Waals surface area contributed by atoms with Gasteiger partial charge in [-0.25, -0.2) is 5.43 Å². The standard InChI is InChI=1S/C27H31Cl2N3OS/c1-5-33-22-8-6-7-20(15-22)26-30-32(16-19-9-11-21(12-10-19)27(2,3)4)25(34-26)18-31-14-13-23(28)24(29)17-31/h6-13,15,17-18,26,30H,5,14,16H2,1-4H3. The van der Waals surface area contributed by atoms with Gasteiger partial charge in [0.15, 0.2) is 0 Å². The number of rotatable bonds is 6. The summed E-state index contributed by atoms with van der Waals surface area (Å²) < 4.78 is 5.72. The lowest BCUT2D eigenvalue weighted by Crippen LogP contribution is -2.31. The van der Waals surface area contributed by atoms with Gasteiger partial charge >= 0.3 is 0 Å². The second kappa shape index (κ2) is 10.7. The maximum atomic E-state index is 6.28. The Hall–Kier alpha value is -2.05. The molecule has 7 heteroatoms. The molecule has 1 atom stereocenters. The molecule has 2 aliphatic heterocycles. The summed E-state index contributed by atoms with van der Waals surface area (Å²) in [6.07, 6.45) is 5.92. The number of benzene rings is 2. The predicted octanol–water partition coefficient (Wildman–Crippen LogP) is 7.45. The Balaban J connectivity index is 1.58. The molecule has 180 valence electrons. The molecular weight excluding hydrogens is 485 g/mol. The predicted molar refractivity (Wildman–Crippen MR) is 144 cm³/mol. The first-order valence-corrected chi connectivity index (χ1v) is 13.1. The van der Waals surface area contributed by atoms with Gasteiger partial charge in [-0.3, -0.25) is 5.01 Å². The molecule has 0 radical (unpaired) electrons. The van der Waals surface area contributed by atoms with E-state index in [2.05, 4.69) is 78.7 Å². The zero-order valence-corrected chi connectivity index (χ0v) is 22.3. The average molecular weight is 517 g/mol. The van der Waals surface area contributed by atoms with Crippen molar-refractivity contribution in [3.63, 3.8) is 0 Å². The van der Waals surface area contributed by atoms with E-state index in [1.54, 1.807) is 11.8 Å². The molecule has 0 aromatic heterocycles. The molecule has 1 fully saturated rings. The fraction of sp³-hybridized carbons (Fsp3) is 0.333. The molecule has 0 aliphatic carbocycles. The molecule has 0 spiro atoms. The van der Waals surface area contributed by atoms with Gasteiger partial charge in [0.1, 0.15) is 16.2 Å². The van der Waals surface area contributed by atoms with Crippen molar-refractivity contribution in [3.05, 3.63) is 98.8 Å². The number of ether oxygens (including phenoxy) is 1. The third-order valence-electron chi connectivity index (χ3n) is 5.68. The van der Waals surface area contributed by atoms with E-state index in [0.29, 0.717) is 23.2 Å². The quantitative estimate of drug-likeness (QED) is 0.431. The number of hydrogen-bond donors (Lipinski definition) is 1. The van der Waals surface area contributed by atoms with E-state index >= 15 is 0 Å². The summed E-state index contributed by atoms with van der Waals surface area (Å²) in [6, 6.07) is 17.2. The highest BCUT2D eigenvalue weighted by Crippen LogP contribution is 2.42. The van der Waals surface area contributed by atoms with Gasteiger partial charge in [-0.2, -0.15) is 0 Å². The highest BCUT2D eigenvalue weighted by atomic mass is 35.5. The van der Waals surface area contributed by atoms with Crippen LogP contribution >= 0.6 is 35.0 Å². The Bertz CT molecular complexity index is 1110. The minimum Gasteiger partial charge on any atom is -0.494 e. The van der Waals surface area contributed by atoms with Crippen molar-refractivity contribution in [2.75, 3.05) is 13.2 Å². The molecule has 2 heterocycles. The summed E-state index contributed by atoms with van der Waals surface area (Å²) in [6.45, 7) is 10.8. The third kappa shape index (κ3) is 6.14. The Morgan fingerprint density at radius 3 is 2.56 bits per heavy atom. The van der Waals surface area contributed by atoms with Gasteiger partial charge in [0, 0.05) is 18.9 Å². The maximum Gasteiger partial charge on any atom is 0.119 e. The number of hydrogen-bond acceptors (Lipinski definition) is 5. The van der Waals surface area contributed by atoms with Crippen LogP contribution in [0.5, 0.6) is 5.75 Å². The Kier molecular flexibility index (Phi) is 7.88. The maximum absolute atomic E-state index is 6.28. The van der Waals surface area contributed by atoms with E-state index in [-0.39, 0.29) is 10.8 Å². The van der Waals surface area contributed by atoms with Crippen LogP contribution in [0.3, 0.4) is 0 Å². The molecule has 0 saturated carbocycles.